The molecule has 1 aromatic heterocycles. The van der Waals surface area contributed by atoms with Crippen molar-refractivity contribution in [2.45, 2.75) is 18.9 Å². The van der Waals surface area contributed by atoms with Crippen LogP contribution in [0.1, 0.15) is 34.2 Å². The summed E-state index contributed by atoms with van der Waals surface area (Å²) in [4.78, 5) is 12.2. The van der Waals surface area contributed by atoms with Crippen LogP contribution in [0.3, 0.4) is 0 Å². The van der Waals surface area contributed by atoms with Gasteiger partial charge in [0.05, 0.1) is 19.0 Å². The number of ketones is 1. The minimum Gasteiger partial charge on any atom is -0.461 e. The Labute approximate surface area is 121 Å². The van der Waals surface area contributed by atoms with Crippen LogP contribution in [-0.4, -0.2) is 19.2 Å². The second-order valence-electron chi connectivity index (χ2n) is 5.12. The van der Waals surface area contributed by atoms with E-state index in [1.165, 1.54) is 6.26 Å². The zero-order chi connectivity index (χ0) is 14.2. The zero-order valence-electron chi connectivity index (χ0n) is 11.3. The lowest BCUT2D eigenvalue weighted by molar-refractivity contribution is 0.0342. The monoisotopic (exact) mass is 286 g/mol. The summed E-state index contributed by atoms with van der Waals surface area (Å²) in [6.45, 7) is 0.845. The first-order valence-corrected chi connectivity index (χ1v) is 6.92. The molecule has 0 fully saturated rings. The number of hydrogen-bond acceptors (Lipinski definition) is 5. The third-order valence-corrected chi connectivity index (χ3v) is 3.84. The van der Waals surface area contributed by atoms with Gasteiger partial charge < -0.3 is 18.6 Å². The normalized spacial score (nSPS) is 19.3. The van der Waals surface area contributed by atoms with Gasteiger partial charge in [0.25, 0.3) is 0 Å². The first-order valence-electron chi connectivity index (χ1n) is 6.92. The van der Waals surface area contributed by atoms with Crippen molar-refractivity contribution in [3.63, 3.8) is 0 Å². The van der Waals surface area contributed by atoms with Crippen molar-refractivity contribution in [3.8, 4) is 11.5 Å². The number of rotatable bonds is 3. The molecule has 2 aliphatic rings. The van der Waals surface area contributed by atoms with Gasteiger partial charge in [-0.1, -0.05) is 0 Å². The predicted octanol–water partition coefficient (Wildman–Crippen LogP) is 2.90. The Morgan fingerprint density at radius 1 is 1.24 bits per heavy atom. The Morgan fingerprint density at radius 2 is 2.10 bits per heavy atom. The maximum Gasteiger partial charge on any atom is 0.231 e. The number of Topliss-reactive ketones (excluding diaryl/α,β-unsaturated/α-hetero) is 1. The molecule has 0 amide bonds. The van der Waals surface area contributed by atoms with E-state index in [0.29, 0.717) is 12.4 Å². The molecule has 1 atom stereocenters. The molecule has 5 nitrogen and oxygen atoms in total. The predicted molar refractivity (Wildman–Crippen MR) is 72.6 cm³/mol. The van der Waals surface area contributed by atoms with E-state index in [4.69, 9.17) is 18.6 Å². The van der Waals surface area contributed by atoms with E-state index in [1.54, 1.807) is 12.1 Å². The van der Waals surface area contributed by atoms with Gasteiger partial charge in [0.2, 0.25) is 12.6 Å². The quantitative estimate of drug-likeness (QED) is 0.812. The van der Waals surface area contributed by atoms with Gasteiger partial charge in [0.1, 0.15) is 0 Å². The molecular weight excluding hydrogens is 272 g/mol. The zero-order valence-corrected chi connectivity index (χ0v) is 11.3. The molecule has 0 radical (unpaired) electrons. The summed E-state index contributed by atoms with van der Waals surface area (Å²) in [5.41, 5.74) is 2.16. The van der Waals surface area contributed by atoms with E-state index in [0.717, 1.165) is 29.0 Å². The number of hydrogen-bond donors (Lipinski definition) is 0. The fourth-order valence-corrected chi connectivity index (χ4v) is 2.79. The number of carbonyl (C=O) groups excluding carboxylic acids is 1. The molecule has 5 heteroatoms. The molecule has 0 aliphatic carbocycles. The van der Waals surface area contributed by atoms with E-state index in [9.17, 15) is 4.79 Å². The standard InChI is InChI=1S/C16H14O5/c17-12(13-2-1-4-18-13)8-14-11-7-16-15(20-9-21-16)6-10(11)3-5-19-14/h1-2,4,6-7,14H,3,5,8-9H2. The molecule has 2 aromatic rings. The molecule has 1 unspecified atom stereocenters. The molecule has 2 aliphatic heterocycles. The lowest BCUT2D eigenvalue weighted by Gasteiger charge is -2.25. The van der Waals surface area contributed by atoms with E-state index < -0.39 is 0 Å². The van der Waals surface area contributed by atoms with Gasteiger partial charge >= 0.3 is 0 Å². The van der Waals surface area contributed by atoms with Gasteiger partial charge in [-0.05, 0) is 41.8 Å². The van der Waals surface area contributed by atoms with Crippen molar-refractivity contribution in [1.29, 1.82) is 0 Å². The molecule has 3 heterocycles. The van der Waals surface area contributed by atoms with E-state index in [1.807, 2.05) is 12.1 Å². The maximum atomic E-state index is 12.2. The Morgan fingerprint density at radius 3 is 2.90 bits per heavy atom. The highest BCUT2D eigenvalue weighted by molar-refractivity contribution is 5.93. The number of ether oxygens (including phenoxy) is 3. The number of furan rings is 1. The van der Waals surface area contributed by atoms with Gasteiger partial charge in [0.15, 0.2) is 17.3 Å². The third kappa shape index (κ3) is 2.19. The van der Waals surface area contributed by atoms with E-state index in [2.05, 4.69) is 0 Å². The molecule has 0 saturated carbocycles. The van der Waals surface area contributed by atoms with Crippen LogP contribution < -0.4 is 9.47 Å². The van der Waals surface area contributed by atoms with Gasteiger partial charge in [-0.15, -0.1) is 0 Å². The molecule has 0 saturated heterocycles. The minimum absolute atomic E-state index is 0.0597. The summed E-state index contributed by atoms with van der Waals surface area (Å²) in [7, 11) is 0. The number of fused-ring (bicyclic) bond motifs is 2. The first-order chi connectivity index (χ1) is 10.3. The minimum atomic E-state index is -0.263. The summed E-state index contributed by atoms with van der Waals surface area (Å²) < 4.78 is 21.7. The highest BCUT2D eigenvalue weighted by atomic mass is 16.7. The van der Waals surface area contributed by atoms with Crippen LogP contribution in [0, 0.1) is 0 Å². The number of benzene rings is 1. The second kappa shape index (κ2) is 4.93. The van der Waals surface area contributed by atoms with E-state index in [-0.39, 0.29) is 25.1 Å². The lowest BCUT2D eigenvalue weighted by atomic mass is 9.93. The Hall–Kier alpha value is -2.27. The summed E-state index contributed by atoms with van der Waals surface area (Å²) in [5.74, 6) is 1.79. The van der Waals surface area contributed by atoms with Gasteiger partial charge in [-0.25, -0.2) is 0 Å². The second-order valence-corrected chi connectivity index (χ2v) is 5.12. The van der Waals surface area contributed by atoms with Crippen LogP contribution in [0.4, 0.5) is 0 Å². The molecule has 1 aromatic carbocycles. The molecule has 108 valence electrons. The Balaban J connectivity index is 1.62. The van der Waals surface area contributed by atoms with Crippen molar-refractivity contribution in [2.75, 3.05) is 13.4 Å². The van der Waals surface area contributed by atoms with Gasteiger partial charge in [-0.3, -0.25) is 4.79 Å². The van der Waals surface area contributed by atoms with Crippen LogP contribution in [0.2, 0.25) is 0 Å². The molecule has 0 spiro atoms. The third-order valence-electron chi connectivity index (χ3n) is 3.84. The van der Waals surface area contributed by atoms with Crippen molar-refractivity contribution in [1.82, 2.24) is 0 Å². The van der Waals surface area contributed by atoms with Crippen molar-refractivity contribution in [3.05, 3.63) is 47.4 Å². The van der Waals surface area contributed by atoms with Crippen molar-refractivity contribution < 1.29 is 23.4 Å². The summed E-state index contributed by atoms with van der Waals surface area (Å²) in [6, 6.07) is 7.30. The van der Waals surface area contributed by atoms with Crippen molar-refractivity contribution >= 4 is 5.78 Å². The highest BCUT2D eigenvalue weighted by Gasteiger charge is 2.28. The van der Waals surface area contributed by atoms with Crippen LogP contribution in [-0.2, 0) is 11.2 Å². The highest BCUT2D eigenvalue weighted by Crippen LogP contribution is 2.40. The average molecular weight is 286 g/mol. The van der Waals surface area contributed by atoms with Crippen molar-refractivity contribution in [2.24, 2.45) is 0 Å². The molecule has 0 bridgehead atoms. The average Bonchev–Trinajstić information content (AvgIpc) is 3.16. The van der Waals surface area contributed by atoms with E-state index >= 15 is 0 Å². The Kier molecular flexibility index (Phi) is 2.93. The van der Waals surface area contributed by atoms with Crippen LogP contribution in [0.5, 0.6) is 11.5 Å². The summed E-state index contributed by atoms with van der Waals surface area (Å²) in [5, 5.41) is 0. The van der Waals surface area contributed by atoms with Gasteiger partial charge in [-0.2, -0.15) is 0 Å². The fraction of sp³-hybridized carbons (Fsp3) is 0.312. The maximum absolute atomic E-state index is 12.2. The Bertz CT molecular complexity index is 674. The topological polar surface area (TPSA) is 57.9 Å². The largest absolute Gasteiger partial charge is 0.461 e. The summed E-state index contributed by atoms with van der Waals surface area (Å²) >= 11 is 0. The number of carbonyl (C=O) groups is 1. The van der Waals surface area contributed by atoms with Crippen LogP contribution in [0.25, 0.3) is 0 Å². The SMILES string of the molecule is O=C(CC1OCCc2cc3c(cc21)OCO3)c1ccco1. The molecule has 0 N–H and O–H groups in total. The molecular formula is C16H14O5. The lowest BCUT2D eigenvalue weighted by Crippen LogP contribution is -2.19. The van der Waals surface area contributed by atoms with Crippen LogP contribution >= 0.6 is 0 Å². The van der Waals surface area contributed by atoms with Gasteiger partial charge in [0, 0.05) is 6.42 Å². The fourth-order valence-electron chi connectivity index (χ4n) is 2.79. The first kappa shape index (κ1) is 12.5. The summed E-state index contributed by atoms with van der Waals surface area (Å²) in [6.07, 6.45) is 2.32. The molecule has 4 rings (SSSR count). The molecule has 21 heavy (non-hydrogen) atoms. The smallest absolute Gasteiger partial charge is 0.231 e. The van der Waals surface area contributed by atoms with Crippen LogP contribution in [0.15, 0.2) is 34.9 Å².